The number of hydrogen-bond donors (Lipinski definition) is 2. The zero-order valence-corrected chi connectivity index (χ0v) is 12.8. The Balaban J connectivity index is 1.47. The molecule has 1 aromatic rings. The summed E-state index contributed by atoms with van der Waals surface area (Å²) in [5.74, 6) is -0.0239. The van der Waals surface area contributed by atoms with Crippen LogP contribution < -0.4 is 10.6 Å². The fourth-order valence-corrected chi connectivity index (χ4v) is 3.58. The number of carbonyl (C=O) groups is 1. The van der Waals surface area contributed by atoms with E-state index in [1.807, 2.05) is 12.1 Å². The maximum Gasteiger partial charge on any atom is 0.221 e. The molecule has 2 unspecified atom stereocenters. The second-order valence-electron chi connectivity index (χ2n) is 6.31. The molecule has 114 valence electrons. The zero-order chi connectivity index (χ0) is 14.7. The maximum atomic E-state index is 11.0. The standard InChI is InChI=1S/C17H25N3O/c1-13(21)19-15-6-4-14(5-7-15)12-18-16-8-10-20-9-2-3-17(20)11-16/h4-7,16-18H,2-3,8-12H2,1H3,(H,19,21). The summed E-state index contributed by atoms with van der Waals surface area (Å²) in [5.41, 5.74) is 2.14. The van der Waals surface area contributed by atoms with Crippen molar-refractivity contribution in [1.29, 1.82) is 0 Å². The first-order valence-electron chi connectivity index (χ1n) is 8.04. The molecule has 3 rings (SSSR count). The molecule has 2 atom stereocenters. The van der Waals surface area contributed by atoms with E-state index < -0.39 is 0 Å². The average Bonchev–Trinajstić information content (AvgIpc) is 2.93. The molecule has 0 saturated carbocycles. The number of rotatable bonds is 4. The Morgan fingerprint density at radius 2 is 2.05 bits per heavy atom. The number of nitrogens with one attached hydrogen (secondary N) is 2. The Kier molecular flexibility index (Phi) is 4.56. The molecule has 0 spiro atoms. The van der Waals surface area contributed by atoms with Crippen molar-refractivity contribution < 1.29 is 4.79 Å². The largest absolute Gasteiger partial charge is 0.326 e. The van der Waals surface area contributed by atoms with Crippen LogP contribution in [0, 0.1) is 0 Å². The van der Waals surface area contributed by atoms with E-state index in [4.69, 9.17) is 0 Å². The van der Waals surface area contributed by atoms with Crippen molar-refractivity contribution in [2.75, 3.05) is 18.4 Å². The predicted octanol–water partition coefficient (Wildman–Crippen LogP) is 2.36. The van der Waals surface area contributed by atoms with Crippen LogP contribution in [-0.4, -0.2) is 36.0 Å². The predicted molar refractivity (Wildman–Crippen MR) is 85.2 cm³/mol. The van der Waals surface area contributed by atoms with Crippen LogP contribution in [0.5, 0.6) is 0 Å². The fraction of sp³-hybridized carbons (Fsp3) is 0.588. The molecule has 1 aromatic carbocycles. The molecule has 2 saturated heterocycles. The first kappa shape index (κ1) is 14.5. The molecule has 2 aliphatic rings. The molecule has 4 nitrogen and oxygen atoms in total. The molecule has 2 N–H and O–H groups in total. The van der Waals surface area contributed by atoms with Gasteiger partial charge in [0.1, 0.15) is 0 Å². The van der Waals surface area contributed by atoms with Crippen LogP contribution in [-0.2, 0) is 11.3 Å². The minimum atomic E-state index is -0.0239. The van der Waals surface area contributed by atoms with E-state index >= 15 is 0 Å². The number of piperidine rings is 1. The first-order valence-corrected chi connectivity index (χ1v) is 8.04. The molecule has 1 amide bonds. The van der Waals surface area contributed by atoms with Crippen LogP contribution in [0.25, 0.3) is 0 Å². The number of nitrogens with zero attached hydrogens (tertiary/aromatic N) is 1. The lowest BCUT2D eigenvalue weighted by Gasteiger charge is -2.35. The van der Waals surface area contributed by atoms with Crippen LogP contribution in [0.15, 0.2) is 24.3 Å². The molecule has 21 heavy (non-hydrogen) atoms. The fourth-order valence-electron chi connectivity index (χ4n) is 3.58. The number of anilines is 1. The molecule has 2 aliphatic heterocycles. The quantitative estimate of drug-likeness (QED) is 0.893. The summed E-state index contributed by atoms with van der Waals surface area (Å²) in [7, 11) is 0. The molecular weight excluding hydrogens is 262 g/mol. The van der Waals surface area contributed by atoms with Gasteiger partial charge in [0.2, 0.25) is 5.91 Å². The lowest BCUT2D eigenvalue weighted by molar-refractivity contribution is -0.114. The third kappa shape index (κ3) is 3.83. The Labute approximate surface area is 126 Å². The van der Waals surface area contributed by atoms with Gasteiger partial charge in [-0.2, -0.15) is 0 Å². The van der Waals surface area contributed by atoms with E-state index in [1.54, 1.807) is 0 Å². The van der Waals surface area contributed by atoms with E-state index in [0.717, 1.165) is 18.3 Å². The van der Waals surface area contributed by atoms with Crippen molar-refractivity contribution in [2.24, 2.45) is 0 Å². The lowest BCUT2D eigenvalue weighted by Crippen LogP contribution is -2.45. The SMILES string of the molecule is CC(=O)Nc1ccc(CNC2CCN3CCCC3C2)cc1. The van der Waals surface area contributed by atoms with Gasteiger partial charge in [0.05, 0.1) is 0 Å². The number of hydrogen-bond acceptors (Lipinski definition) is 3. The highest BCUT2D eigenvalue weighted by atomic mass is 16.1. The Morgan fingerprint density at radius 1 is 1.24 bits per heavy atom. The van der Waals surface area contributed by atoms with E-state index in [2.05, 4.69) is 27.7 Å². The molecule has 4 heteroatoms. The third-order valence-electron chi connectivity index (χ3n) is 4.69. The summed E-state index contributed by atoms with van der Waals surface area (Å²) >= 11 is 0. The highest BCUT2D eigenvalue weighted by molar-refractivity contribution is 5.88. The van der Waals surface area contributed by atoms with Crippen molar-refractivity contribution in [3.8, 4) is 0 Å². The van der Waals surface area contributed by atoms with Gasteiger partial charge in [-0.05, 0) is 56.5 Å². The number of fused-ring (bicyclic) bond motifs is 1. The van der Waals surface area contributed by atoms with Crippen molar-refractivity contribution in [1.82, 2.24) is 10.2 Å². The topological polar surface area (TPSA) is 44.4 Å². The van der Waals surface area contributed by atoms with Gasteiger partial charge in [-0.1, -0.05) is 12.1 Å². The summed E-state index contributed by atoms with van der Waals surface area (Å²) in [4.78, 5) is 13.6. The highest BCUT2D eigenvalue weighted by Crippen LogP contribution is 2.26. The summed E-state index contributed by atoms with van der Waals surface area (Å²) in [5, 5.41) is 6.49. The molecule has 2 fully saturated rings. The monoisotopic (exact) mass is 287 g/mol. The van der Waals surface area contributed by atoms with Gasteiger partial charge in [0, 0.05) is 31.2 Å². The third-order valence-corrected chi connectivity index (χ3v) is 4.69. The summed E-state index contributed by atoms with van der Waals surface area (Å²) < 4.78 is 0. The Morgan fingerprint density at radius 3 is 2.81 bits per heavy atom. The van der Waals surface area contributed by atoms with Gasteiger partial charge in [-0.15, -0.1) is 0 Å². The minimum Gasteiger partial charge on any atom is -0.326 e. The van der Waals surface area contributed by atoms with Gasteiger partial charge in [0.25, 0.3) is 0 Å². The summed E-state index contributed by atoms with van der Waals surface area (Å²) in [6.45, 7) is 5.01. The van der Waals surface area contributed by atoms with E-state index in [1.165, 1.54) is 51.3 Å². The van der Waals surface area contributed by atoms with Crippen LogP contribution >= 0.6 is 0 Å². The summed E-state index contributed by atoms with van der Waals surface area (Å²) in [6.07, 6.45) is 5.32. The summed E-state index contributed by atoms with van der Waals surface area (Å²) in [6, 6.07) is 9.58. The second kappa shape index (κ2) is 6.58. The molecule has 0 radical (unpaired) electrons. The van der Waals surface area contributed by atoms with Crippen molar-refractivity contribution in [3.63, 3.8) is 0 Å². The number of benzene rings is 1. The second-order valence-corrected chi connectivity index (χ2v) is 6.31. The normalized spacial score (nSPS) is 25.6. The van der Waals surface area contributed by atoms with E-state index in [0.29, 0.717) is 6.04 Å². The van der Waals surface area contributed by atoms with Gasteiger partial charge in [-0.25, -0.2) is 0 Å². The average molecular weight is 287 g/mol. The minimum absolute atomic E-state index is 0.0239. The van der Waals surface area contributed by atoms with Gasteiger partial charge >= 0.3 is 0 Å². The van der Waals surface area contributed by atoms with Crippen LogP contribution in [0.4, 0.5) is 5.69 Å². The van der Waals surface area contributed by atoms with Crippen LogP contribution in [0.2, 0.25) is 0 Å². The Hall–Kier alpha value is -1.39. The maximum absolute atomic E-state index is 11.0. The Bertz CT molecular complexity index is 485. The van der Waals surface area contributed by atoms with Gasteiger partial charge in [-0.3, -0.25) is 4.79 Å². The van der Waals surface area contributed by atoms with Crippen LogP contribution in [0.1, 0.15) is 38.2 Å². The highest BCUT2D eigenvalue weighted by Gasteiger charge is 2.31. The van der Waals surface area contributed by atoms with Crippen molar-refractivity contribution >= 4 is 11.6 Å². The number of carbonyl (C=O) groups excluding carboxylic acids is 1. The zero-order valence-electron chi connectivity index (χ0n) is 12.8. The van der Waals surface area contributed by atoms with E-state index in [-0.39, 0.29) is 5.91 Å². The first-order chi connectivity index (χ1) is 10.2. The van der Waals surface area contributed by atoms with Crippen molar-refractivity contribution in [2.45, 2.75) is 51.2 Å². The van der Waals surface area contributed by atoms with Crippen LogP contribution in [0.3, 0.4) is 0 Å². The van der Waals surface area contributed by atoms with E-state index in [9.17, 15) is 4.79 Å². The van der Waals surface area contributed by atoms with Gasteiger partial charge in [0.15, 0.2) is 0 Å². The molecule has 2 heterocycles. The van der Waals surface area contributed by atoms with Gasteiger partial charge < -0.3 is 15.5 Å². The molecule has 0 aliphatic carbocycles. The smallest absolute Gasteiger partial charge is 0.221 e. The number of amides is 1. The molecule has 0 bridgehead atoms. The lowest BCUT2D eigenvalue weighted by atomic mass is 9.97. The molecule has 0 aromatic heterocycles. The van der Waals surface area contributed by atoms with Crippen molar-refractivity contribution in [3.05, 3.63) is 29.8 Å². The molecular formula is C17H25N3O.